The third-order valence-electron chi connectivity index (χ3n) is 12.4. The highest BCUT2D eigenvalue weighted by molar-refractivity contribution is 5.71. The summed E-state index contributed by atoms with van der Waals surface area (Å²) in [5, 5.41) is 0. The molecule has 0 heterocycles. The summed E-state index contributed by atoms with van der Waals surface area (Å²) >= 11 is 0. The molecule has 0 rings (SSSR count). The normalized spacial score (nSPS) is 12.2. The summed E-state index contributed by atoms with van der Waals surface area (Å²) in [5.74, 6) is -0.923. The van der Waals surface area contributed by atoms with Gasteiger partial charge in [-0.15, -0.1) is 0 Å². The second kappa shape index (κ2) is 53.2. The van der Waals surface area contributed by atoms with Crippen molar-refractivity contribution in [3.05, 3.63) is 36.5 Å². The van der Waals surface area contributed by atoms with Crippen LogP contribution < -0.4 is 0 Å². The van der Waals surface area contributed by atoms with E-state index in [1.807, 2.05) is 0 Å². The standard InChI is InChI=1S/C58H106O6/c1-4-7-10-13-16-19-22-24-26-28-30-31-33-36-39-42-45-48-51-57(60)63-54-55(53-62-56(59)50-47-44-41-38-35-21-18-15-12-9-6-3)64-58(61)52-49-46-43-40-37-34-32-29-27-25-23-20-17-14-11-8-5-2/h9,12,18,21,38,41,55H,4-8,10-11,13-17,19-20,22-37,39-40,42-54H2,1-3H3/b12-9-,21-18-,41-38-. The molecule has 0 spiro atoms. The average Bonchev–Trinajstić information content (AvgIpc) is 3.29. The fraction of sp³-hybridized carbons (Fsp3) is 0.845. The Morgan fingerprint density at radius 3 is 0.953 bits per heavy atom. The van der Waals surface area contributed by atoms with E-state index in [4.69, 9.17) is 14.2 Å². The SMILES string of the molecule is CC/C=C\C/C=C\C/C=C\CCCC(=O)OCC(COC(=O)CCCCCCCCCCCCCCCCCCCC)OC(=O)CCCCCCCCCCCCCCCCCCC. The van der Waals surface area contributed by atoms with Crippen molar-refractivity contribution in [2.24, 2.45) is 0 Å². The number of allylic oxidation sites excluding steroid dienone is 6. The summed E-state index contributed by atoms with van der Waals surface area (Å²) in [7, 11) is 0. The van der Waals surface area contributed by atoms with Crippen molar-refractivity contribution in [2.45, 2.75) is 303 Å². The Hall–Kier alpha value is -2.37. The third-order valence-corrected chi connectivity index (χ3v) is 12.4. The number of hydrogen-bond donors (Lipinski definition) is 0. The van der Waals surface area contributed by atoms with Crippen molar-refractivity contribution in [3.8, 4) is 0 Å². The minimum Gasteiger partial charge on any atom is -0.462 e. The number of hydrogen-bond acceptors (Lipinski definition) is 6. The lowest BCUT2D eigenvalue weighted by atomic mass is 10.0. The molecule has 0 amide bonds. The van der Waals surface area contributed by atoms with Gasteiger partial charge in [-0.1, -0.05) is 269 Å². The molecule has 0 N–H and O–H groups in total. The van der Waals surface area contributed by atoms with Gasteiger partial charge in [-0.25, -0.2) is 0 Å². The molecule has 1 atom stereocenters. The Labute approximate surface area is 397 Å². The maximum Gasteiger partial charge on any atom is 0.306 e. The van der Waals surface area contributed by atoms with Crippen molar-refractivity contribution in [2.75, 3.05) is 13.2 Å². The van der Waals surface area contributed by atoms with Gasteiger partial charge in [-0.2, -0.15) is 0 Å². The maximum absolute atomic E-state index is 12.8. The molecule has 6 nitrogen and oxygen atoms in total. The van der Waals surface area contributed by atoms with Crippen LogP contribution >= 0.6 is 0 Å². The summed E-state index contributed by atoms with van der Waals surface area (Å²) in [6.07, 6.45) is 62.9. The largest absolute Gasteiger partial charge is 0.462 e. The maximum atomic E-state index is 12.8. The molecule has 0 aromatic rings. The van der Waals surface area contributed by atoms with E-state index in [-0.39, 0.29) is 31.1 Å². The van der Waals surface area contributed by atoms with Gasteiger partial charge in [0.2, 0.25) is 0 Å². The second-order valence-corrected chi connectivity index (χ2v) is 18.8. The van der Waals surface area contributed by atoms with Gasteiger partial charge in [0.1, 0.15) is 13.2 Å². The molecule has 1 unspecified atom stereocenters. The first kappa shape index (κ1) is 61.6. The topological polar surface area (TPSA) is 78.9 Å². The summed E-state index contributed by atoms with van der Waals surface area (Å²) in [6.45, 7) is 6.52. The highest BCUT2D eigenvalue weighted by Crippen LogP contribution is 2.17. The van der Waals surface area contributed by atoms with Gasteiger partial charge in [0, 0.05) is 19.3 Å². The van der Waals surface area contributed by atoms with Gasteiger partial charge in [0.15, 0.2) is 6.10 Å². The lowest BCUT2D eigenvalue weighted by molar-refractivity contribution is -0.167. The van der Waals surface area contributed by atoms with E-state index in [2.05, 4.69) is 57.2 Å². The Bertz CT molecular complexity index is 1080. The quantitative estimate of drug-likeness (QED) is 0.0262. The summed E-state index contributed by atoms with van der Waals surface area (Å²) < 4.78 is 16.8. The predicted octanol–water partition coefficient (Wildman–Crippen LogP) is 18.5. The molecular formula is C58H106O6. The molecule has 0 fully saturated rings. The molecule has 0 bridgehead atoms. The molecule has 0 aliphatic heterocycles. The monoisotopic (exact) mass is 899 g/mol. The van der Waals surface area contributed by atoms with Crippen LogP contribution in [0.15, 0.2) is 36.5 Å². The number of esters is 3. The average molecular weight is 899 g/mol. The molecule has 0 saturated carbocycles. The minimum absolute atomic E-state index is 0.0829. The number of unbranched alkanes of at least 4 members (excludes halogenated alkanes) is 34. The van der Waals surface area contributed by atoms with Crippen molar-refractivity contribution in [1.29, 1.82) is 0 Å². The number of rotatable bonds is 51. The van der Waals surface area contributed by atoms with E-state index in [0.29, 0.717) is 25.7 Å². The van der Waals surface area contributed by atoms with Gasteiger partial charge >= 0.3 is 17.9 Å². The molecule has 6 heteroatoms. The fourth-order valence-corrected chi connectivity index (χ4v) is 8.23. The molecule has 0 radical (unpaired) electrons. The number of carbonyl (C=O) groups is 3. The lowest BCUT2D eigenvalue weighted by Gasteiger charge is -2.18. The van der Waals surface area contributed by atoms with Crippen molar-refractivity contribution >= 4 is 17.9 Å². The zero-order chi connectivity index (χ0) is 46.5. The van der Waals surface area contributed by atoms with E-state index in [1.165, 1.54) is 186 Å². The third kappa shape index (κ3) is 50.6. The van der Waals surface area contributed by atoms with Crippen LogP contribution in [0.25, 0.3) is 0 Å². The highest BCUT2D eigenvalue weighted by atomic mass is 16.6. The zero-order valence-corrected chi connectivity index (χ0v) is 42.8. The van der Waals surface area contributed by atoms with E-state index >= 15 is 0 Å². The molecule has 0 aliphatic rings. The lowest BCUT2D eigenvalue weighted by Crippen LogP contribution is -2.30. The van der Waals surface area contributed by atoms with E-state index in [9.17, 15) is 14.4 Å². The van der Waals surface area contributed by atoms with E-state index in [1.54, 1.807) is 0 Å². The van der Waals surface area contributed by atoms with Gasteiger partial charge in [-0.05, 0) is 44.9 Å². The van der Waals surface area contributed by atoms with Crippen molar-refractivity contribution in [3.63, 3.8) is 0 Å². The van der Waals surface area contributed by atoms with Crippen LogP contribution in [0, 0.1) is 0 Å². The Balaban J connectivity index is 4.31. The molecule has 374 valence electrons. The predicted molar refractivity (Wildman–Crippen MR) is 275 cm³/mol. The zero-order valence-electron chi connectivity index (χ0n) is 42.8. The first-order chi connectivity index (χ1) is 31.5. The van der Waals surface area contributed by atoms with Gasteiger partial charge in [0.25, 0.3) is 0 Å². The molecule has 0 saturated heterocycles. The molecule has 0 aliphatic carbocycles. The van der Waals surface area contributed by atoms with Crippen LogP contribution in [0.4, 0.5) is 0 Å². The van der Waals surface area contributed by atoms with Crippen molar-refractivity contribution in [1.82, 2.24) is 0 Å². The smallest absolute Gasteiger partial charge is 0.306 e. The van der Waals surface area contributed by atoms with Gasteiger partial charge < -0.3 is 14.2 Å². The van der Waals surface area contributed by atoms with Crippen LogP contribution in [0.3, 0.4) is 0 Å². The van der Waals surface area contributed by atoms with Crippen LogP contribution in [-0.4, -0.2) is 37.2 Å². The Morgan fingerprint density at radius 2 is 0.609 bits per heavy atom. The van der Waals surface area contributed by atoms with Crippen LogP contribution in [0.1, 0.15) is 297 Å². The van der Waals surface area contributed by atoms with Gasteiger partial charge in [0.05, 0.1) is 0 Å². The second-order valence-electron chi connectivity index (χ2n) is 18.8. The summed E-state index contributed by atoms with van der Waals surface area (Å²) in [4.78, 5) is 38.0. The Kier molecular flexibility index (Phi) is 51.3. The number of carbonyl (C=O) groups excluding carboxylic acids is 3. The van der Waals surface area contributed by atoms with E-state index < -0.39 is 6.10 Å². The van der Waals surface area contributed by atoms with Crippen molar-refractivity contribution < 1.29 is 28.6 Å². The van der Waals surface area contributed by atoms with Crippen LogP contribution in [0.2, 0.25) is 0 Å². The first-order valence-electron chi connectivity index (χ1n) is 28.0. The Morgan fingerprint density at radius 1 is 0.328 bits per heavy atom. The first-order valence-corrected chi connectivity index (χ1v) is 28.0. The fourth-order valence-electron chi connectivity index (χ4n) is 8.23. The van der Waals surface area contributed by atoms with Crippen LogP contribution in [-0.2, 0) is 28.6 Å². The molecule has 0 aromatic carbocycles. The van der Waals surface area contributed by atoms with Gasteiger partial charge in [-0.3, -0.25) is 14.4 Å². The number of ether oxygens (including phenoxy) is 3. The molecule has 64 heavy (non-hydrogen) atoms. The van der Waals surface area contributed by atoms with E-state index in [0.717, 1.165) is 64.2 Å². The summed E-state index contributed by atoms with van der Waals surface area (Å²) in [6, 6.07) is 0. The highest BCUT2D eigenvalue weighted by Gasteiger charge is 2.19. The van der Waals surface area contributed by atoms with Crippen LogP contribution in [0.5, 0.6) is 0 Å². The molecule has 0 aromatic heterocycles. The summed E-state index contributed by atoms with van der Waals surface area (Å²) in [5.41, 5.74) is 0. The molecular weight excluding hydrogens is 793 g/mol. The minimum atomic E-state index is -0.787.